The van der Waals surface area contributed by atoms with Crippen LogP contribution in [0.1, 0.15) is 26.2 Å². The van der Waals surface area contributed by atoms with Crippen LogP contribution in [0.2, 0.25) is 0 Å². The molecule has 0 aromatic carbocycles. The van der Waals surface area contributed by atoms with Gasteiger partial charge in [-0.3, -0.25) is 4.90 Å². The number of ether oxygens (including phenoxy) is 1. The van der Waals surface area contributed by atoms with E-state index in [1.165, 1.54) is 52.0 Å². The summed E-state index contributed by atoms with van der Waals surface area (Å²) >= 11 is 0. The number of rotatable bonds is 6. The maximum Gasteiger partial charge on any atom is 0.0702 e. The Balaban J connectivity index is 1.65. The molecule has 0 amide bonds. The Hall–Kier alpha value is -0.160. The van der Waals surface area contributed by atoms with E-state index in [0.717, 1.165) is 26.2 Å². The predicted octanol–water partition coefficient (Wildman–Crippen LogP) is 0.783. The van der Waals surface area contributed by atoms with Crippen LogP contribution in [-0.4, -0.2) is 74.9 Å². The second-order valence-electron chi connectivity index (χ2n) is 5.47. The number of nitrogens with zero attached hydrogens (tertiary/aromatic N) is 2. The fourth-order valence-electron chi connectivity index (χ4n) is 2.86. The second kappa shape index (κ2) is 8.10. The molecule has 2 saturated heterocycles. The summed E-state index contributed by atoms with van der Waals surface area (Å²) in [6.07, 6.45) is 4.29. The van der Waals surface area contributed by atoms with Crippen LogP contribution in [0, 0.1) is 0 Å². The van der Waals surface area contributed by atoms with Crippen molar-refractivity contribution in [2.75, 3.05) is 59.0 Å². The lowest BCUT2D eigenvalue weighted by molar-refractivity contribution is 0.0711. The molecule has 2 rings (SSSR count). The molecule has 2 aliphatic heterocycles. The minimum absolute atomic E-state index is 0.496. The third-order valence-electron chi connectivity index (χ3n) is 4.10. The van der Waals surface area contributed by atoms with Crippen LogP contribution in [-0.2, 0) is 4.74 Å². The molecule has 18 heavy (non-hydrogen) atoms. The van der Waals surface area contributed by atoms with Crippen molar-refractivity contribution in [3.05, 3.63) is 0 Å². The molecular formula is C14H29N3O. The van der Waals surface area contributed by atoms with Gasteiger partial charge >= 0.3 is 0 Å². The van der Waals surface area contributed by atoms with Gasteiger partial charge in [-0.1, -0.05) is 6.92 Å². The Morgan fingerprint density at radius 1 is 1.28 bits per heavy atom. The molecule has 0 aromatic heterocycles. The van der Waals surface area contributed by atoms with E-state index in [2.05, 4.69) is 22.0 Å². The molecule has 0 bridgehead atoms. The quantitative estimate of drug-likeness (QED) is 0.759. The zero-order valence-corrected chi connectivity index (χ0v) is 11.9. The van der Waals surface area contributed by atoms with Crippen molar-refractivity contribution in [2.24, 2.45) is 0 Å². The maximum atomic E-state index is 5.73. The van der Waals surface area contributed by atoms with E-state index in [1.54, 1.807) is 0 Å². The summed E-state index contributed by atoms with van der Waals surface area (Å²) in [7, 11) is 0. The molecule has 2 heterocycles. The summed E-state index contributed by atoms with van der Waals surface area (Å²) in [6, 6.07) is 0. The molecule has 0 spiro atoms. The fraction of sp³-hybridized carbons (Fsp3) is 1.00. The van der Waals surface area contributed by atoms with E-state index < -0.39 is 0 Å². The lowest BCUT2D eigenvalue weighted by Crippen LogP contribution is -2.39. The Bertz CT molecular complexity index is 211. The number of likely N-dealkylation sites (N-methyl/N-ethyl adjacent to an activating group) is 1. The van der Waals surface area contributed by atoms with Crippen LogP contribution < -0.4 is 5.32 Å². The summed E-state index contributed by atoms with van der Waals surface area (Å²) < 4.78 is 5.73. The summed E-state index contributed by atoms with van der Waals surface area (Å²) in [5.74, 6) is 0. The minimum Gasteiger partial charge on any atom is -0.377 e. The first-order valence-electron chi connectivity index (χ1n) is 7.65. The van der Waals surface area contributed by atoms with Crippen molar-refractivity contribution >= 4 is 0 Å². The molecule has 0 aliphatic carbocycles. The van der Waals surface area contributed by atoms with E-state index in [9.17, 15) is 0 Å². The molecule has 0 saturated carbocycles. The van der Waals surface area contributed by atoms with Crippen molar-refractivity contribution in [2.45, 2.75) is 32.3 Å². The SMILES string of the molecule is CCN(CCN1CCCNCC1)CC1CCCO1. The molecule has 106 valence electrons. The normalized spacial score (nSPS) is 26.7. The molecule has 0 radical (unpaired) electrons. The van der Waals surface area contributed by atoms with Crippen LogP contribution in [0.25, 0.3) is 0 Å². The fourth-order valence-corrected chi connectivity index (χ4v) is 2.86. The first-order chi connectivity index (χ1) is 8.88. The van der Waals surface area contributed by atoms with Gasteiger partial charge in [-0.25, -0.2) is 0 Å². The van der Waals surface area contributed by atoms with Gasteiger partial charge in [0.1, 0.15) is 0 Å². The molecule has 1 unspecified atom stereocenters. The summed E-state index contributed by atoms with van der Waals surface area (Å²) in [4.78, 5) is 5.15. The van der Waals surface area contributed by atoms with Crippen LogP contribution in [0.15, 0.2) is 0 Å². The molecule has 1 N–H and O–H groups in total. The summed E-state index contributed by atoms with van der Waals surface area (Å²) in [5.41, 5.74) is 0. The molecule has 2 aliphatic rings. The van der Waals surface area contributed by atoms with Gasteiger partial charge < -0.3 is 15.0 Å². The summed E-state index contributed by atoms with van der Waals surface area (Å²) in [6.45, 7) is 12.7. The second-order valence-corrected chi connectivity index (χ2v) is 5.47. The van der Waals surface area contributed by atoms with Crippen LogP contribution in [0.5, 0.6) is 0 Å². The Morgan fingerprint density at radius 2 is 2.22 bits per heavy atom. The minimum atomic E-state index is 0.496. The van der Waals surface area contributed by atoms with Gasteiger partial charge in [0.15, 0.2) is 0 Å². The number of hydrogen-bond donors (Lipinski definition) is 1. The standard InChI is InChI=1S/C14H29N3O/c1-2-16(13-14-5-3-12-18-14)10-11-17-8-4-6-15-7-9-17/h14-15H,2-13H2,1H3. The van der Waals surface area contributed by atoms with Crippen LogP contribution in [0.3, 0.4) is 0 Å². The molecule has 1 atom stereocenters. The monoisotopic (exact) mass is 255 g/mol. The van der Waals surface area contributed by atoms with Gasteiger partial charge in [0, 0.05) is 39.3 Å². The van der Waals surface area contributed by atoms with E-state index in [4.69, 9.17) is 4.74 Å². The Morgan fingerprint density at radius 3 is 3.00 bits per heavy atom. The number of nitrogens with one attached hydrogen (secondary N) is 1. The first-order valence-corrected chi connectivity index (χ1v) is 7.65. The van der Waals surface area contributed by atoms with E-state index >= 15 is 0 Å². The summed E-state index contributed by atoms with van der Waals surface area (Å²) in [5, 5.41) is 3.46. The van der Waals surface area contributed by atoms with Gasteiger partial charge in [0.25, 0.3) is 0 Å². The van der Waals surface area contributed by atoms with Gasteiger partial charge in [0.2, 0.25) is 0 Å². The largest absolute Gasteiger partial charge is 0.377 e. The smallest absolute Gasteiger partial charge is 0.0702 e. The van der Waals surface area contributed by atoms with Crippen LogP contribution in [0.4, 0.5) is 0 Å². The van der Waals surface area contributed by atoms with Gasteiger partial charge in [0.05, 0.1) is 6.10 Å². The first kappa shape index (κ1) is 14.3. The highest BCUT2D eigenvalue weighted by Gasteiger charge is 2.18. The Kier molecular flexibility index (Phi) is 6.41. The highest BCUT2D eigenvalue weighted by molar-refractivity contribution is 4.72. The third kappa shape index (κ3) is 4.84. The van der Waals surface area contributed by atoms with Crippen molar-refractivity contribution in [1.82, 2.24) is 15.1 Å². The third-order valence-corrected chi connectivity index (χ3v) is 4.10. The molecule has 0 aromatic rings. The molecular weight excluding hydrogens is 226 g/mol. The maximum absolute atomic E-state index is 5.73. The predicted molar refractivity (Wildman–Crippen MR) is 75.0 cm³/mol. The van der Waals surface area contributed by atoms with E-state index in [0.29, 0.717) is 6.10 Å². The van der Waals surface area contributed by atoms with Crippen molar-refractivity contribution < 1.29 is 4.74 Å². The molecule has 4 heteroatoms. The van der Waals surface area contributed by atoms with Crippen molar-refractivity contribution in [1.29, 1.82) is 0 Å². The van der Waals surface area contributed by atoms with Crippen LogP contribution >= 0.6 is 0 Å². The van der Waals surface area contributed by atoms with Gasteiger partial charge in [-0.2, -0.15) is 0 Å². The van der Waals surface area contributed by atoms with Gasteiger partial charge in [-0.05, 0) is 38.9 Å². The number of hydrogen-bond acceptors (Lipinski definition) is 4. The zero-order chi connectivity index (χ0) is 12.6. The van der Waals surface area contributed by atoms with Crippen molar-refractivity contribution in [3.8, 4) is 0 Å². The topological polar surface area (TPSA) is 27.7 Å². The zero-order valence-electron chi connectivity index (χ0n) is 11.9. The highest BCUT2D eigenvalue weighted by Crippen LogP contribution is 2.13. The average molecular weight is 255 g/mol. The lowest BCUT2D eigenvalue weighted by atomic mass is 10.2. The Labute approximate surface area is 112 Å². The molecule has 4 nitrogen and oxygen atoms in total. The average Bonchev–Trinajstić information content (AvgIpc) is 2.76. The van der Waals surface area contributed by atoms with E-state index in [1.807, 2.05) is 0 Å². The lowest BCUT2D eigenvalue weighted by Gasteiger charge is -2.27. The van der Waals surface area contributed by atoms with Gasteiger partial charge in [-0.15, -0.1) is 0 Å². The van der Waals surface area contributed by atoms with Crippen molar-refractivity contribution in [3.63, 3.8) is 0 Å². The highest BCUT2D eigenvalue weighted by atomic mass is 16.5. The van der Waals surface area contributed by atoms with E-state index in [-0.39, 0.29) is 0 Å². The molecule has 2 fully saturated rings.